The first-order valence-corrected chi connectivity index (χ1v) is 7.15. The zero-order valence-corrected chi connectivity index (χ0v) is 11.3. The quantitative estimate of drug-likeness (QED) is 0.850. The first kappa shape index (κ1) is 13.7. The molecule has 0 aliphatic rings. The Morgan fingerprint density at radius 3 is 2.26 bits per heavy atom. The third kappa shape index (κ3) is 3.17. The van der Waals surface area contributed by atoms with Crippen molar-refractivity contribution in [3.63, 3.8) is 0 Å². The van der Waals surface area contributed by atoms with Gasteiger partial charge in [-0.15, -0.1) is 0 Å². The van der Waals surface area contributed by atoms with Crippen molar-refractivity contribution in [3.05, 3.63) is 47.5 Å². The number of halogens is 1. The summed E-state index contributed by atoms with van der Waals surface area (Å²) < 4.78 is 28.2. The van der Waals surface area contributed by atoms with Crippen molar-refractivity contribution in [1.82, 2.24) is 0 Å². The Labute approximate surface area is 115 Å². The maximum Gasteiger partial charge on any atom is 0.240 e. The molecule has 0 saturated carbocycles. The first-order valence-electron chi connectivity index (χ1n) is 5.22. The molecule has 2 aromatic rings. The monoisotopic (exact) mass is 298 g/mol. The van der Waals surface area contributed by atoms with Gasteiger partial charge in [0.05, 0.1) is 5.69 Å². The summed E-state index contributed by atoms with van der Waals surface area (Å²) in [6.07, 6.45) is 0. The molecule has 0 fully saturated rings. The highest BCUT2D eigenvalue weighted by Gasteiger charge is 2.15. The van der Waals surface area contributed by atoms with Crippen LogP contribution in [0.3, 0.4) is 0 Å². The molecule has 0 bridgehead atoms. The first-order chi connectivity index (χ1) is 8.88. The number of para-hydroxylation sites is 1. The van der Waals surface area contributed by atoms with Crippen molar-refractivity contribution in [2.45, 2.75) is 4.90 Å². The highest BCUT2D eigenvalue weighted by Crippen LogP contribution is 2.32. The molecule has 0 aliphatic carbocycles. The lowest BCUT2D eigenvalue weighted by atomic mass is 10.3. The second-order valence-electron chi connectivity index (χ2n) is 3.77. The molecule has 0 saturated heterocycles. The fourth-order valence-corrected chi connectivity index (χ4v) is 2.29. The van der Waals surface area contributed by atoms with Gasteiger partial charge in [-0.3, -0.25) is 0 Å². The van der Waals surface area contributed by atoms with E-state index in [9.17, 15) is 8.42 Å². The van der Waals surface area contributed by atoms with Crippen LogP contribution in [-0.2, 0) is 10.0 Å². The molecule has 7 heteroatoms. The van der Waals surface area contributed by atoms with E-state index in [4.69, 9.17) is 27.2 Å². The number of ether oxygens (including phenoxy) is 1. The number of anilines is 1. The van der Waals surface area contributed by atoms with E-state index in [1.807, 2.05) is 0 Å². The van der Waals surface area contributed by atoms with Gasteiger partial charge in [0.1, 0.15) is 10.6 Å². The molecule has 0 heterocycles. The van der Waals surface area contributed by atoms with Gasteiger partial charge in [-0.05, 0) is 36.4 Å². The molecule has 19 heavy (non-hydrogen) atoms. The largest absolute Gasteiger partial charge is 0.455 e. The Morgan fingerprint density at radius 2 is 1.68 bits per heavy atom. The summed E-state index contributed by atoms with van der Waals surface area (Å²) in [7, 11) is -3.88. The lowest BCUT2D eigenvalue weighted by Crippen LogP contribution is -2.14. The molecule has 0 unspecified atom stereocenters. The average Bonchev–Trinajstić information content (AvgIpc) is 2.33. The van der Waals surface area contributed by atoms with Crippen LogP contribution in [0, 0.1) is 0 Å². The third-order valence-corrected chi connectivity index (χ3v) is 3.60. The maximum absolute atomic E-state index is 11.3. The summed E-state index contributed by atoms with van der Waals surface area (Å²) in [4.78, 5) is -0.168. The van der Waals surface area contributed by atoms with Gasteiger partial charge in [-0.1, -0.05) is 17.7 Å². The minimum Gasteiger partial charge on any atom is -0.455 e. The molecule has 2 aromatic carbocycles. The summed E-state index contributed by atoms with van der Waals surface area (Å²) in [5, 5.41) is 5.63. The molecule has 0 aliphatic heterocycles. The van der Waals surface area contributed by atoms with Crippen molar-refractivity contribution in [2.75, 3.05) is 5.73 Å². The van der Waals surface area contributed by atoms with E-state index in [0.29, 0.717) is 10.8 Å². The fourth-order valence-electron chi connectivity index (χ4n) is 1.49. The van der Waals surface area contributed by atoms with Gasteiger partial charge in [-0.2, -0.15) is 0 Å². The van der Waals surface area contributed by atoms with Crippen LogP contribution in [0.4, 0.5) is 5.69 Å². The number of rotatable bonds is 3. The zero-order chi connectivity index (χ0) is 14.0. The Morgan fingerprint density at radius 1 is 1.05 bits per heavy atom. The van der Waals surface area contributed by atoms with E-state index in [1.54, 1.807) is 30.3 Å². The van der Waals surface area contributed by atoms with E-state index >= 15 is 0 Å². The Balaban J connectivity index is 2.39. The number of benzene rings is 2. The van der Waals surface area contributed by atoms with Crippen molar-refractivity contribution >= 4 is 27.3 Å². The topological polar surface area (TPSA) is 95.4 Å². The molecule has 0 radical (unpaired) electrons. The minimum absolute atomic E-state index is 0.0278. The maximum atomic E-state index is 11.3. The number of primary sulfonamides is 1. The molecule has 100 valence electrons. The van der Waals surface area contributed by atoms with Crippen LogP contribution in [0.2, 0.25) is 5.02 Å². The highest BCUT2D eigenvalue weighted by atomic mass is 35.5. The smallest absolute Gasteiger partial charge is 0.240 e. The lowest BCUT2D eigenvalue weighted by Gasteiger charge is -2.11. The van der Waals surface area contributed by atoms with Crippen LogP contribution in [0.25, 0.3) is 0 Å². The molecule has 4 N–H and O–H groups in total. The Kier molecular flexibility index (Phi) is 3.66. The van der Waals surface area contributed by atoms with Gasteiger partial charge in [0.15, 0.2) is 5.75 Å². The minimum atomic E-state index is -3.88. The Bertz CT molecular complexity index is 699. The summed E-state index contributed by atoms with van der Waals surface area (Å²) >= 11 is 5.75. The molecule has 0 atom stereocenters. The molecule has 2 rings (SSSR count). The molecule has 0 amide bonds. The summed E-state index contributed by atoms with van der Waals surface area (Å²) in [5.74, 6) is 0.705. The summed E-state index contributed by atoms with van der Waals surface area (Å²) in [5.41, 5.74) is 5.71. The SMILES string of the molecule is Nc1c(Oc2ccc(Cl)cc2)cccc1S(N)(=O)=O. The molecular weight excluding hydrogens is 288 g/mol. The van der Waals surface area contributed by atoms with E-state index in [-0.39, 0.29) is 16.3 Å². The predicted octanol–water partition coefficient (Wildman–Crippen LogP) is 2.36. The van der Waals surface area contributed by atoms with Crippen LogP contribution >= 0.6 is 11.6 Å². The second-order valence-corrected chi connectivity index (χ2v) is 5.74. The van der Waals surface area contributed by atoms with E-state index in [2.05, 4.69) is 0 Å². The highest BCUT2D eigenvalue weighted by molar-refractivity contribution is 7.89. The third-order valence-electron chi connectivity index (χ3n) is 2.37. The molecular formula is C12H11ClN2O3S. The van der Waals surface area contributed by atoms with Gasteiger partial charge in [-0.25, -0.2) is 13.6 Å². The van der Waals surface area contributed by atoms with Crippen molar-refractivity contribution < 1.29 is 13.2 Å². The predicted molar refractivity (Wildman–Crippen MR) is 73.8 cm³/mol. The van der Waals surface area contributed by atoms with Crippen LogP contribution < -0.4 is 15.6 Å². The number of hydrogen-bond acceptors (Lipinski definition) is 4. The van der Waals surface area contributed by atoms with Crippen LogP contribution in [0.15, 0.2) is 47.4 Å². The van der Waals surface area contributed by atoms with Crippen molar-refractivity contribution in [3.8, 4) is 11.5 Å². The lowest BCUT2D eigenvalue weighted by molar-refractivity contribution is 0.483. The van der Waals surface area contributed by atoms with Gasteiger partial charge >= 0.3 is 0 Å². The standard InChI is InChI=1S/C12H11ClN2O3S/c13-8-4-6-9(7-5-8)18-10-2-1-3-11(12(10)14)19(15,16)17/h1-7H,14H2,(H2,15,16,17). The molecule has 0 spiro atoms. The number of sulfonamides is 1. The average molecular weight is 299 g/mol. The second kappa shape index (κ2) is 5.08. The number of nitrogen functional groups attached to an aromatic ring is 1. The van der Waals surface area contributed by atoms with Crippen LogP contribution in [0.5, 0.6) is 11.5 Å². The van der Waals surface area contributed by atoms with E-state index < -0.39 is 10.0 Å². The normalized spacial score (nSPS) is 11.3. The summed E-state index contributed by atoms with van der Waals surface area (Å²) in [6.45, 7) is 0. The number of hydrogen-bond donors (Lipinski definition) is 2. The van der Waals surface area contributed by atoms with Crippen LogP contribution in [-0.4, -0.2) is 8.42 Å². The zero-order valence-electron chi connectivity index (χ0n) is 9.71. The van der Waals surface area contributed by atoms with E-state index in [1.165, 1.54) is 12.1 Å². The van der Waals surface area contributed by atoms with Gasteiger partial charge in [0.25, 0.3) is 0 Å². The fraction of sp³-hybridized carbons (Fsp3) is 0. The summed E-state index contributed by atoms with van der Waals surface area (Å²) in [6, 6.07) is 11.0. The van der Waals surface area contributed by atoms with Crippen molar-refractivity contribution in [2.24, 2.45) is 5.14 Å². The molecule has 5 nitrogen and oxygen atoms in total. The van der Waals surface area contributed by atoms with Gasteiger partial charge < -0.3 is 10.5 Å². The Hall–Kier alpha value is -1.76. The molecule has 0 aromatic heterocycles. The van der Waals surface area contributed by atoms with E-state index in [0.717, 1.165) is 0 Å². The van der Waals surface area contributed by atoms with Crippen LogP contribution in [0.1, 0.15) is 0 Å². The van der Waals surface area contributed by atoms with Crippen molar-refractivity contribution in [1.29, 1.82) is 0 Å². The number of nitrogens with two attached hydrogens (primary N) is 2. The van der Waals surface area contributed by atoms with Gasteiger partial charge in [0.2, 0.25) is 10.0 Å². The van der Waals surface area contributed by atoms with Gasteiger partial charge in [0, 0.05) is 5.02 Å².